The van der Waals surface area contributed by atoms with E-state index >= 15 is 0 Å². The molecule has 0 saturated heterocycles. The van der Waals surface area contributed by atoms with Crippen LogP contribution in [0.3, 0.4) is 0 Å². The molecule has 0 aliphatic carbocycles. The number of fused-ring (bicyclic) bond motifs is 4. The summed E-state index contributed by atoms with van der Waals surface area (Å²) in [4.78, 5) is 25.6. The Labute approximate surface area is 274 Å². The summed E-state index contributed by atoms with van der Waals surface area (Å²) in [6, 6.07) is 45.7. The largest absolute Gasteiger partial charge is 0.344 e. The molecular weight excluding hydrogens is 597 g/mol. The molecule has 5 aromatic carbocycles. The zero-order valence-electron chi connectivity index (χ0n) is 25.1. The molecule has 0 spiro atoms. The minimum atomic E-state index is -0.257. The Kier molecular flexibility index (Phi) is 6.61. The number of thiophene rings is 1. The van der Waals surface area contributed by atoms with E-state index in [9.17, 15) is 0 Å². The van der Waals surface area contributed by atoms with Gasteiger partial charge in [0.15, 0.2) is 11.7 Å². The lowest BCUT2D eigenvalue weighted by atomic mass is 9.96. The Hall–Kier alpha value is -6.05. The Morgan fingerprint density at radius 2 is 1.34 bits per heavy atom. The number of rotatable bonds is 5. The predicted octanol–water partition coefficient (Wildman–Crippen LogP) is 9.22. The molecule has 1 atom stereocenters. The van der Waals surface area contributed by atoms with E-state index < -0.39 is 0 Å². The lowest BCUT2D eigenvalue weighted by Crippen LogP contribution is -2.33. The van der Waals surface area contributed by atoms with E-state index in [0.717, 1.165) is 60.3 Å². The molecule has 4 heterocycles. The van der Waals surface area contributed by atoms with Crippen molar-refractivity contribution in [2.75, 3.05) is 0 Å². The second kappa shape index (κ2) is 11.4. The fraction of sp³-hybridized carbons (Fsp3) is 0.0250. The van der Waals surface area contributed by atoms with Crippen molar-refractivity contribution in [3.63, 3.8) is 0 Å². The zero-order valence-corrected chi connectivity index (χ0v) is 25.9. The van der Waals surface area contributed by atoms with Crippen LogP contribution in [0.25, 0.3) is 53.7 Å². The van der Waals surface area contributed by atoms with Crippen molar-refractivity contribution in [1.82, 2.24) is 20.3 Å². The topological polar surface area (TPSA) is 75.4 Å². The number of nitrogens with zero attached hydrogens (tertiary/aromatic N) is 5. The third-order valence-corrected chi connectivity index (χ3v) is 9.57. The Balaban J connectivity index is 1.14. The van der Waals surface area contributed by atoms with Crippen molar-refractivity contribution in [1.29, 1.82) is 0 Å². The molecule has 9 rings (SSSR count). The summed E-state index contributed by atoms with van der Waals surface area (Å²) in [5.41, 5.74) is 5.97. The van der Waals surface area contributed by atoms with Gasteiger partial charge in [0.05, 0.1) is 0 Å². The summed E-state index contributed by atoms with van der Waals surface area (Å²) < 4.78 is 1.20. The highest BCUT2D eigenvalue weighted by Crippen LogP contribution is 2.36. The summed E-state index contributed by atoms with van der Waals surface area (Å²) >= 11 is 1.68. The normalized spacial score (nSPS) is 14.6. The third kappa shape index (κ3) is 4.94. The highest BCUT2D eigenvalue weighted by molar-refractivity contribution is 7.25. The van der Waals surface area contributed by atoms with Crippen molar-refractivity contribution in [3.8, 4) is 22.6 Å². The van der Waals surface area contributed by atoms with E-state index in [4.69, 9.17) is 24.9 Å². The number of nitrogens with one attached hydrogen (secondary N) is 1. The fourth-order valence-electron chi connectivity index (χ4n) is 6.22. The molecule has 0 radical (unpaired) electrons. The first-order valence-electron chi connectivity index (χ1n) is 15.5. The van der Waals surface area contributed by atoms with Crippen molar-refractivity contribution in [2.45, 2.75) is 6.17 Å². The van der Waals surface area contributed by atoms with Gasteiger partial charge in [-0.3, -0.25) is 4.98 Å². The summed E-state index contributed by atoms with van der Waals surface area (Å²) in [6.45, 7) is 0. The maximum atomic E-state index is 5.08. The average molecular weight is 623 g/mol. The van der Waals surface area contributed by atoms with Gasteiger partial charge >= 0.3 is 0 Å². The van der Waals surface area contributed by atoms with Gasteiger partial charge in [-0.2, -0.15) is 0 Å². The van der Waals surface area contributed by atoms with Gasteiger partial charge in [0, 0.05) is 44.4 Å². The first-order chi connectivity index (χ1) is 23.3. The van der Waals surface area contributed by atoms with Gasteiger partial charge in [-0.25, -0.2) is 20.0 Å². The van der Waals surface area contributed by atoms with Crippen LogP contribution in [0.4, 0.5) is 0 Å². The van der Waals surface area contributed by atoms with E-state index in [1.54, 1.807) is 11.3 Å². The summed E-state index contributed by atoms with van der Waals surface area (Å²) in [5.74, 6) is 2.11. The van der Waals surface area contributed by atoms with E-state index in [2.05, 4.69) is 102 Å². The van der Waals surface area contributed by atoms with Crippen LogP contribution in [0, 0.1) is 0 Å². The summed E-state index contributed by atoms with van der Waals surface area (Å²) in [7, 11) is 0. The molecular formula is C40H26N6S. The van der Waals surface area contributed by atoms with Crippen molar-refractivity contribution in [2.24, 2.45) is 9.98 Å². The van der Waals surface area contributed by atoms with Gasteiger partial charge in [-0.05, 0) is 40.3 Å². The molecule has 6 nitrogen and oxygen atoms in total. The van der Waals surface area contributed by atoms with E-state index in [-0.39, 0.29) is 6.17 Å². The van der Waals surface area contributed by atoms with Crippen LogP contribution < -0.4 is 5.32 Å². The molecule has 7 heteroatoms. The number of aliphatic imine (C=N–C) groups is 2. The van der Waals surface area contributed by atoms with E-state index in [0.29, 0.717) is 11.7 Å². The minimum absolute atomic E-state index is 0.257. The molecule has 1 aliphatic rings. The summed E-state index contributed by atoms with van der Waals surface area (Å²) in [6.07, 6.45) is 3.52. The molecule has 0 bridgehead atoms. The second-order valence-electron chi connectivity index (χ2n) is 11.4. The van der Waals surface area contributed by atoms with Gasteiger partial charge in [0.2, 0.25) is 0 Å². The van der Waals surface area contributed by atoms with Crippen LogP contribution in [-0.4, -0.2) is 26.6 Å². The predicted molar refractivity (Wildman–Crippen MR) is 193 cm³/mol. The number of hydrogen-bond acceptors (Lipinski definition) is 7. The molecule has 8 aromatic rings. The van der Waals surface area contributed by atoms with Crippen LogP contribution in [0.1, 0.15) is 22.9 Å². The molecule has 0 fully saturated rings. The van der Waals surface area contributed by atoms with Gasteiger partial charge in [-0.15, -0.1) is 11.3 Å². The van der Waals surface area contributed by atoms with Crippen LogP contribution in [0.2, 0.25) is 0 Å². The first kappa shape index (κ1) is 27.3. The summed E-state index contributed by atoms with van der Waals surface area (Å²) in [5, 5.41) is 7.88. The minimum Gasteiger partial charge on any atom is -0.344 e. The number of hydrogen-bond donors (Lipinski definition) is 1. The Morgan fingerprint density at radius 1 is 0.596 bits per heavy atom. The number of amidine groups is 2. The molecule has 222 valence electrons. The molecule has 1 unspecified atom stereocenters. The molecule has 1 N–H and O–H groups in total. The van der Waals surface area contributed by atoms with Crippen LogP contribution in [0.15, 0.2) is 156 Å². The zero-order chi connectivity index (χ0) is 31.2. The number of pyridine rings is 1. The van der Waals surface area contributed by atoms with Crippen LogP contribution >= 0.6 is 11.3 Å². The van der Waals surface area contributed by atoms with Crippen LogP contribution in [0.5, 0.6) is 0 Å². The van der Waals surface area contributed by atoms with Crippen molar-refractivity contribution in [3.05, 3.63) is 163 Å². The first-order valence-corrected chi connectivity index (χ1v) is 16.3. The average Bonchev–Trinajstić information content (AvgIpc) is 3.53. The van der Waals surface area contributed by atoms with Gasteiger partial charge < -0.3 is 5.32 Å². The monoisotopic (exact) mass is 622 g/mol. The highest BCUT2D eigenvalue weighted by atomic mass is 32.1. The molecule has 0 amide bonds. The van der Waals surface area contributed by atoms with Gasteiger partial charge in [0.1, 0.15) is 22.5 Å². The van der Waals surface area contributed by atoms with Crippen molar-refractivity contribution < 1.29 is 0 Å². The van der Waals surface area contributed by atoms with Gasteiger partial charge in [-0.1, -0.05) is 115 Å². The molecule has 1 aliphatic heterocycles. The third-order valence-electron chi connectivity index (χ3n) is 8.49. The van der Waals surface area contributed by atoms with Gasteiger partial charge in [0.25, 0.3) is 0 Å². The molecule has 47 heavy (non-hydrogen) atoms. The Morgan fingerprint density at radius 3 is 2.23 bits per heavy atom. The standard InChI is InChI=1S/C40H26N6S/c1-3-11-25(12-4-1)36-43-37(26-13-5-2-6-14-26)45-38(44-36)28-16-9-15-27(23-28)29-18-10-19-32-30(29)21-22-41-35(32)39-42-24-33-31-17-7-8-20-34(31)47-40(33)46-39/h1-24,36H,(H,43,44,45). The van der Waals surface area contributed by atoms with Crippen LogP contribution in [-0.2, 0) is 0 Å². The quantitative estimate of drug-likeness (QED) is 0.208. The Bertz CT molecular complexity index is 2500. The van der Waals surface area contributed by atoms with E-state index in [1.165, 1.54) is 10.1 Å². The maximum Gasteiger partial charge on any atom is 0.180 e. The lowest BCUT2D eigenvalue weighted by molar-refractivity contribution is 0.674. The smallest absolute Gasteiger partial charge is 0.180 e. The van der Waals surface area contributed by atoms with E-state index in [1.807, 2.05) is 48.8 Å². The highest BCUT2D eigenvalue weighted by Gasteiger charge is 2.21. The van der Waals surface area contributed by atoms with Crippen molar-refractivity contribution >= 4 is 54.1 Å². The maximum absolute atomic E-state index is 5.08. The second-order valence-corrected chi connectivity index (χ2v) is 12.4. The number of benzene rings is 5. The fourth-order valence-corrected chi connectivity index (χ4v) is 7.26. The number of aromatic nitrogens is 3. The lowest BCUT2D eigenvalue weighted by Gasteiger charge is -2.23. The SMILES string of the molecule is c1ccc(C2=NC(c3cccc(-c4cccc5c(-c6ncc7c(n6)sc6ccccc67)nccc45)c3)=NC(c3ccccc3)N2)cc1. The molecule has 3 aromatic heterocycles. The molecule has 0 saturated carbocycles.